The molecule has 0 aromatic heterocycles. The first-order valence-corrected chi connectivity index (χ1v) is 11.9. The van der Waals surface area contributed by atoms with Crippen LogP contribution in [0, 0.1) is 0 Å². The first-order valence-electron chi connectivity index (χ1n) is 11.9. The molecule has 2 aromatic carbocycles. The number of aryl methyl sites for hydroxylation is 1. The van der Waals surface area contributed by atoms with Gasteiger partial charge in [-0.15, -0.1) is 0 Å². The third kappa shape index (κ3) is 9.13. The van der Waals surface area contributed by atoms with E-state index in [1.165, 1.54) is 38.5 Å². The van der Waals surface area contributed by atoms with E-state index in [-0.39, 0.29) is 12.0 Å². The van der Waals surface area contributed by atoms with Crippen LogP contribution in [0.25, 0.3) is 5.57 Å². The number of benzene rings is 2. The van der Waals surface area contributed by atoms with Crippen LogP contribution < -0.4 is 4.74 Å². The summed E-state index contributed by atoms with van der Waals surface area (Å²) in [5, 5.41) is 18.4. The zero-order valence-corrected chi connectivity index (χ0v) is 19.6. The molecule has 0 fully saturated rings. The Balaban J connectivity index is 2.01. The lowest BCUT2D eigenvalue weighted by atomic mass is 9.95. The quantitative estimate of drug-likeness (QED) is 0.268. The minimum atomic E-state index is -0.989. The number of ether oxygens (including phenoxy) is 1. The van der Waals surface area contributed by atoms with Crippen LogP contribution in [0.3, 0.4) is 0 Å². The summed E-state index contributed by atoms with van der Waals surface area (Å²) in [6.45, 7) is 6.96. The molecular formula is C28H36O5. The van der Waals surface area contributed by atoms with E-state index < -0.39 is 11.9 Å². The number of carboxylic acid groups (broad SMARTS) is 2. The minimum absolute atomic E-state index is 0.0124. The smallest absolute Gasteiger partial charge is 0.335 e. The molecule has 2 rings (SSSR count). The van der Waals surface area contributed by atoms with Gasteiger partial charge in [0.2, 0.25) is 0 Å². The molecule has 0 aliphatic carbocycles. The average Bonchev–Trinajstić information content (AvgIpc) is 2.81. The number of carboxylic acids is 2. The van der Waals surface area contributed by atoms with Crippen molar-refractivity contribution in [2.24, 2.45) is 0 Å². The minimum Gasteiger partial charge on any atom is -0.493 e. The largest absolute Gasteiger partial charge is 0.493 e. The molecule has 0 unspecified atom stereocenters. The monoisotopic (exact) mass is 452 g/mol. The van der Waals surface area contributed by atoms with E-state index in [2.05, 4.69) is 13.5 Å². The standard InChI is InChI=1S/C28H36O5/c1-3-4-5-6-7-8-9-10-18-33-26-16-14-23(19-24(26)15-17-27(29)30)21(2)22-12-11-13-25(20-22)28(31)32/h11-14,16,19-20H,2-10,15,17-18H2,1H3,(H,29,30)(H,31,32). The van der Waals surface area contributed by atoms with Crippen molar-refractivity contribution >= 4 is 17.5 Å². The number of aliphatic carboxylic acids is 1. The van der Waals surface area contributed by atoms with Crippen molar-refractivity contribution in [3.8, 4) is 5.75 Å². The summed E-state index contributed by atoms with van der Waals surface area (Å²) < 4.78 is 6.01. The van der Waals surface area contributed by atoms with Crippen molar-refractivity contribution in [3.63, 3.8) is 0 Å². The number of carbonyl (C=O) groups is 2. The van der Waals surface area contributed by atoms with Crippen LogP contribution in [0.15, 0.2) is 49.0 Å². The summed E-state index contributed by atoms with van der Waals surface area (Å²) in [6, 6.07) is 12.3. The number of rotatable bonds is 16. The fourth-order valence-corrected chi connectivity index (χ4v) is 3.77. The van der Waals surface area contributed by atoms with Gasteiger partial charge in [-0.05, 0) is 59.4 Å². The molecule has 0 aliphatic rings. The highest BCUT2D eigenvalue weighted by atomic mass is 16.5. The maximum absolute atomic E-state index is 11.3. The summed E-state index contributed by atoms with van der Waals surface area (Å²) in [7, 11) is 0. The molecule has 0 amide bonds. The van der Waals surface area contributed by atoms with Gasteiger partial charge in [-0.2, -0.15) is 0 Å². The van der Waals surface area contributed by atoms with Crippen molar-refractivity contribution in [1.82, 2.24) is 0 Å². The van der Waals surface area contributed by atoms with Gasteiger partial charge in [-0.1, -0.05) is 76.6 Å². The Hall–Kier alpha value is -3.08. The van der Waals surface area contributed by atoms with E-state index in [0.717, 1.165) is 24.0 Å². The summed E-state index contributed by atoms with van der Waals surface area (Å²) in [6.07, 6.45) is 10.2. The molecule has 0 bridgehead atoms. The maximum Gasteiger partial charge on any atom is 0.335 e. The number of hydrogen-bond donors (Lipinski definition) is 2. The van der Waals surface area contributed by atoms with Gasteiger partial charge in [0.25, 0.3) is 0 Å². The summed E-state index contributed by atoms with van der Waals surface area (Å²) in [5.41, 5.74) is 3.24. The van der Waals surface area contributed by atoms with E-state index >= 15 is 0 Å². The van der Waals surface area contributed by atoms with Crippen LogP contribution >= 0.6 is 0 Å². The third-order valence-corrected chi connectivity index (χ3v) is 5.73. The van der Waals surface area contributed by atoms with Crippen LogP contribution in [-0.2, 0) is 11.2 Å². The van der Waals surface area contributed by atoms with Crippen LogP contribution in [0.5, 0.6) is 5.75 Å². The normalized spacial score (nSPS) is 10.7. The SMILES string of the molecule is C=C(c1cccc(C(=O)O)c1)c1ccc(OCCCCCCCCCC)c(CCC(=O)O)c1. The Labute approximate surface area is 197 Å². The number of hydrogen-bond acceptors (Lipinski definition) is 3. The Kier molecular flexibility index (Phi) is 11.2. The highest BCUT2D eigenvalue weighted by molar-refractivity contribution is 5.90. The molecule has 33 heavy (non-hydrogen) atoms. The lowest BCUT2D eigenvalue weighted by Gasteiger charge is -2.14. The van der Waals surface area contributed by atoms with Gasteiger partial charge >= 0.3 is 11.9 Å². The van der Waals surface area contributed by atoms with Gasteiger partial charge in [0, 0.05) is 6.42 Å². The second-order valence-corrected chi connectivity index (χ2v) is 8.40. The van der Waals surface area contributed by atoms with Crippen molar-refractivity contribution in [3.05, 3.63) is 71.3 Å². The maximum atomic E-state index is 11.3. The Bertz CT molecular complexity index is 932. The first kappa shape index (κ1) is 26.2. The molecule has 0 radical (unpaired) electrons. The zero-order valence-electron chi connectivity index (χ0n) is 19.6. The van der Waals surface area contributed by atoms with E-state index in [1.54, 1.807) is 18.2 Å². The van der Waals surface area contributed by atoms with Crippen molar-refractivity contribution < 1.29 is 24.5 Å². The van der Waals surface area contributed by atoms with Gasteiger partial charge in [-0.3, -0.25) is 4.79 Å². The lowest BCUT2D eigenvalue weighted by molar-refractivity contribution is -0.136. The Morgan fingerprint density at radius 3 is 2.15 bits per heavy atom. The second kappa shape index (κ2) is 14.1. The summed E-state index contributed by atoms with van der Waals surface area (Å²) >= 11 is 0. The van der Waals surface area contributed by atoms with E-state index in [9.17, 15) is 14.7 Å². The molecule has 5 nitrogen and oxygen atoms in total. The molecule has 0 saturated carbocycles. The van der Waals surface area contributed by atoms with E-state index in [1.807, 2.05) is 24.3 Å². The Morgan fingerprint density at radius 1 is 0.848 bits per heavy atom. The predicted molar refractivity (Wildman–Crippen MR) is 132 cm³/mol. The van der Waals surface area contributed by atoms with Crippen molar-refractivity contribution in [2.75, 3.05) is 6.61 Å². The van der Waals surface area contributed by atoms with Crippen LogP contribution in [0.2, 0.25) is 0 Å². The summed E-state index contributed by atoms with van der Waals surface area (Å²) in [5.74, 6) is -1.14. The van der Waals surface area contributed by atoms with Gasteiger partial charge < -0.3 is 14.9 Å². The third-order valence-electron chi connectivity index (χ3n) is 5.73. The molecule has 5 heteroatoms. The predicted octanol–water partition coefficient (Wildman–Crippen LogP) is 6.98. The second-order valence-electron chi connectivity index (χ2n) is 8.40. The van der Waals surface area contributed by atoms with Crippen molar-refractivity contribution in [1.29, 1.82) is 0 Å². The number of unbranched alkanes of at least 4 members (excludes halogenated alkanes) is 7. The highest BCUT2D eigenvalue weighted by Gasteiger charge is 2.12. The van der Waals surface area contributed by atoms with Crippen LogP contribution in [0.1, 0.15) is 91.8 Å². The average molecular weight is 453 g/mol. The highest BCUT2D eigenvalue weighted by Crippen LogP contribution is 2.29. The molecule has 0 aliphatic heterocycles. The molecule has 0 atom stereocenters. The van der Waals surface area contributed by atoms with Crippen LogP contribution in [0.4, 0.5) is 0 Å². The molecule has 0 saturated heterocycles. The number of aromatic carboxylic acids is 1. The lowest BCUT2D eigenvalue weighted by Crippen LogP contribution is -2.04. The molecule has 0 heterocycles. The fourth-order valence-electron chi connectivity index (χ4n) is 3.77. The Morgan fingerprint density at radius 2 is 1.48 bits per heavy atom. The topological polar surface area (TPSA) is 83.8 Å². The van der Waals surface area contributed by atoms with E-state index in [0.29, 0.717) is 29.9 Å². The van der Waals surface area contributed by atoms with Gasteiger partial charge in [0.15, 0.2) is 0 Å². The van der Waals surface area contributed by atoms with Gasteiger partial charge in [-0.25, -0.2) is 4.79 Å². The summed E-state index contributed by atoms with van der Waals surface area (Å²) in [4.78, 5) is 22.4. The molecule has 2 N–H and O–H groups in total. The molecular weight excluding hydrogens is 416 g/mol. The van der Waals surface area contributed by atoms with Crippen LogP contribution in [-0.4, -0.2) is 28.8 Å². The molecule has 0 spiro atoms. The molecule has 2 aromatic rings. The fraction of sp³-hybridized carbons (Fsp3) is 0.429. The first-order chi connectivity index (χ1) is 15.9. The van der Waals surface area contributed by atoms with Gasteiger partial charge in [0.1, 0.15) is 5.75 Å². The zero-order chi connectivity index (χ0) is 24.1. The van der Waals surface area contributed by atoms with Gasteiger partial charge in [0.05, 0.1) is 12.2 Å². The molecule has 178 valence electrons. The van der Waals surface area contributed by atoms with E-state index in [4.69, 9.17) is 9.84 Å². The van der Waals surface area contributed by atoms with Crippen molar-refractivity contribution in [2.45, 2.75) is 71.1 Å².